The predicted molar refractivity (Wildman–Crippen MR) is 82.0 cm³/mol. The first-order valence-corrected chi connectivity index (χ1v) is 8.73. The van der Waals surface area contributed by atoms with E-state index in [2.05, 4.69) is 15.9 Å². The van der Waals surface area contributed by atoms with Gasteiger partial charge in [0, 0.05) is 10.0 Å². The largest absolute Gasteiger partial charge is 0.492 e. The van der Waals surface area contributed by atoms with Gasteiger partial charge in [-0.3, -0.25) is 0 Å². The second-order valence-electron chi connectivity index (χ2n) is 4.83. The summed E-state index contributed by atoms with van der Waals surface area (Å²) < 4.78 is 31.6. The van der Waals surface area contributed by atoms with Crippen molar-refractivity contribution in [1.82, 2.24) is 0 Å². The molecule has 2 aromatic rings. The van der Waals surface area contributed by atoms with Gasteiger partial charge >= 0.3 is 0 Å². The first-order chi connectivity index (χ1) is 10.00. The Morgan fingerprint density at radius 2 is 1.76 bits per heavy atom. The molecule has 0 saturated heterocycles. The summed E-state index contributed by atoms with van der Waals surface area (Å²) in [5.41, 5.74) is 0.509. The first-order valence-electron chi connectivity index (χ1n) is 6.39. The fraction of sp³-hybridized carbons (Fsp3) is 0.200. The van der Waals surface area contributed by atoms with Crippen LogP contribution in [0.5, 0.6) is 5.75 Å². The predicted octanol–water partition coefficient (Wildman–Crippen LogP) is 2.72. The third kappa shape index (κ3) is 2.59. The maximum atomic E-state index is 12.7. The van der Waals surface area contributed by atoms with Crippen LogP contribution in [-0.2, 0) is 9.84 Å². The van der Waals surface area contributed by atoms with Crippen molar-refractivity contribution < 1.29 is 18.3 Å². The highest BCUT2D eigenvalue weighted by molar-refractivity contribution is 9.10. The van der Waals surface area contributed by atoms with Gasteiger partial charge in [-0.2, -0.15) is 0 Å². The van der Waals surface area contributed by atoms with Crippen LogP contribution in [0.1, 0.15) is 11.7 Å². The Labute approximate surface area is 131 Å². The Kier molecular flexibility index (Phi) is 3.77. The second kappa shape index (κ2) is 5.44. The Bertz CT molecular complexity index is 755. The van der Waals surface area contributed by atoms with Crippen molar-refractivity contribution >= 4 is 25.8 Å². The quantitative estimate of drug-likeness (QED) is 0.884. The Morgan fingerprint density at radius 1 is 1.10 bits per heavy atom. The van der Waals surface area contributed by atoms with E-state index < -0.39 is 21.2 Å². The summed E-state index contributed by atoms with van der Waals surface area (Å²) in [7, 11) is -3.67. The lowest BCUT2D eigenvalue weighted by Gasteiger charge is -2.29. The number of halogens is 1. The molecular weight excluding hydrogens is 356 g/mol. The van der Waals surface area contributed by atoms with Crippen LogP contribution in [-0.4, -0.2) is 25.4 Å². The zero-order valence-electron chi connectivity index (χ0n) is 10.9. The minimum atomic E-state index is -3.67. The summed E-state index contributed by atoms with van der Waals surface area (Å²) >= 11 is 3.27. The fourth-order valence-corrected chi connectivity index (χ4v) is 4.24. The topological polar surface area (TPSA) is 63.6 Å². The van der Waals surface area contributed by atoms with E-state index in [-0.39, 0.29) is 11.5 Å². The zero-order chi connectivity index (χ0) is 15.0. The number of benzene rings is 2. The third-order valence-corrected chi connectivity index (χ3v) is 6.18. The van der Waals surface area contributed by atoms with Crippen molar-refractivity contribution in [2.24, 2.45) is 0 Å². The smallest absolute Gasteiger partial charge is 0.187 e. The zero-order valence-corrected chi connectivity index (χ0v) is 13.3. The lowest BCUT2D eigenvalue weighted by Crippen LogP contribution is -2.37. The van der Waals surface area contributed by atoms with E-state index in [0.29, 0.717) is 11.3 Å². The van der Waals surface area contributed by atoms with Crippen molar-refractivity contribution in [3.8, 4) is 5.75 Å². The molecule has 4 nitrogen and oxygen atoms in total. The summed E-state index contributed by atoms with van der Waals surface area (Å²) in [5, 5.41) is 9.40. The standard InChI is InChI=1S/C15H13BrO4S/c16-10-5-7-11(8-6-10)21(18,19)14-9-20-13-4-2-1-3-12(13)15(14)17/h1-8,14-15,17H,9H2. The van der Waals surface area contributed by atoms with E-state index in [1.54, 1.807) is 36.4 Å². The Balaban J connectivity index is 1.99. The van der Waals surface area contributed by atoms with Gasteiger partial charge in [0.15, 0.2) is 9.84 Å². The van der Waals surface area contributed by atoms with Crippen molar-refractivity contribution in [2.75, 3.05) is 6.61 Å². The van der Waals surface area contributed by atoms with Crippen LogP contribution < -0.4 is 4.74 Å². The molecule has 0 amide bonds. The van der Waals surface area contributed by atoms with Gasteiger partial charge in [0.05, 0.1) is 4.90 Å². The van der Waals surface area contributed by atoms with Crippen molar-refractivity contribution in [3.63, 3.8) is 0 Å². The van der Waals surface area contributed by atoms with Gasteiger partial charge in [0.25, 0.3) is 0 Å². The fourth-order valence-electron chi connectivity index (χ4n) is 2.38. The molecule has 0 bridgehead atoms. The third-order valence-electron chi connectivity index (χ3n) is 3.53. The van der Waals surface area contributed by atoms with Gasteiger partial charge in [-0.15, -0.1) is 0 Å². The number of aliphatic hydroxyl groups is 1. The van der Waals surface area contributed by atoms with Crippen molar-refractivity contribution in [2.45, 2.75) is 16.2 Å². The molecule has 2 aromatic carbocycles. The molecule has 1 aliphatic heterocycles. The number of para-hydroxylation sites is 1. The molecule has 110 valence electrons. The maximum absolute atomic E-state index is 12.7. The molecule has 0 radical (unpaired) electrons. The van der Waals surface area contributed by atoms with E-state index in [1.807, 2.05) is 0 Å². The summed E-state index contributed by atoms with van der Waals surface area (Å²) in [5.74, 6) is 0.534. The Morgan fingerprint density at radius 3 is 2.48 bits per heavy atom. The van der Waals surface area contributed by atoms with Gasteiger partial charge in [-0.1, -0.05) is 34.1 Å². The molecule has 21 heavy (non-hydrogen) atoms. The van der Waals surface area contributed by atoms with Gasteiger partial charge in [-0.25, -0.2) is 8.42 Å². The molecule has 1 heterocycles. The molecule has 0 saturated carbocycles. The van der Waals surface area contributed by atoms with Crippen LogP contribution in [0.3, 0.4) is 0 Å². The maximum Gasteiger partial charge on any atom is 0.187 e. The van der Waals surface area contributed by atoms with Crippen LogP contribution in [0.25, 0.3) is 0 Å². The SMILES string of the molecule is O=S(=O)(c1ccc(Br)cc1)C1COc2ccccc2C1O. The lowest BCUT2D eigenvalue weighted by molar-refractivity contribution is 0.119. The molecule has 1 aliphatic rings. The molecule has 2 unspecified atom stereocenters. The van der Waals surface area contributed by atoms with Crippen LogP contribution >= 0.6 is 15.9 Å². The molecule has 6 heteroatoms. The molecule has 0 fully saturated rings. The van der Waals surface area contributed by atoms with Crippen molar-refractivity contribution in [3.05, 3.63) is 58.6 Å². The second-order valence-corrected chi connectivity index (χ2v) is 7.91. The monoisotopic (exact) mass is 368 g/mol. The van der Waals surface area contributed by atoms with Crippen molar-refractivity contribution in [1.29, 1.82) is 0 Å². The van der Waals surface area contributed by atoms with E-state index in [0.717, 1.165) is 4.47 Å². The van der Waals surface area contributed by atoms with E-state index in [1.165, 1.54) is 12.1 Å². The van der Waals surface area contributed by atoms with Crippen LogP contribution in [0.4, 0.5) is 0 Å². The average molecular weight is 369 g/mol. The highest BCUT2D eigenvalue weighted by atomic mass is 79.9. The summed E-state index contributed by atoms with van der Waals surface area (Å²) in [6, 6.07) is 13.3. The molecule has 1 N–H and O–H groups in total. The summed E-state index contributed by atoms with van der Waals surface area (Å²) in [6.07, 6.45) is -1.09. The van der Waals surface area contributed by atoms with Gasteiger partial charge < -0.3 is 9.84 Å². The number of hydrogen-bond donors (Lipinski definition) is 1. The van der Waals surface area contributed by atoms with Gasteiger partial charge in [0.2, 0.25) is 0 Å². The highest BCUT2D eigenvalue weighted by Gasteiger charge is 2.39. The number of fused-ring (bicyclic) bond motifs is 1. The molecule has 0 aromatic heterocycles. The number of ether oxygens (including phenoxy) is 1. The summed E-state index contributed by atoms with van der Waals surface area (Å²) in [4.78, 5) is 0.178. The molecule has 0 aliphatic carbocycles. The first kappa shape index (κ1) is 14.6. The van der Waals surface area contributed by atoms with Crippen LogP contribution in [0.15, 0.2) is 57.9 Å². The molecular formula is C15H13BrO4S. The number of rotatable bonds is 2. The lowest BCUT2D eigenvalue weighted by atomic mass is 10.0. The molecule has 2 atom stereocenters. The van der Waals surface area contributed by atoms with E-state index in [9.17, 15) is 13.5 Å². The number of hydrogen-bond acceptors (Lipinski definition) is 4. The normalized spacial score (nSPS) is 21.4. The summed E-state index contributed by atoms with van der Waals surface area (Å²) in [6.45, 7) is -0.0590. The van der Waals surface area contributed by atoms with E-state index in [4.69, 9.17) is 4.74 Å². The molecule has 3 rings (SSSR count). The highest BCUT2D eigenvalue weighted by Crippen LogP contribution is 2.36. The van der Waals surface area contributed by atoms with Gasteiger partial charge in [-0.05, 0) is 30.3 Å². The van der Waals surface area contributed by atoms with E-state index >= 15 is 0 Å². The number of sulfone groups is 1. The number of aliphatic hydroxyl groups excluding tert-OH is 1. The van der Waals surface area contributed by atoms with Crippen LogP contribution in [0, 0.1) is 0 Å². The van der Waals surface area contributed by atoms with Crippen LogP contribution in [0.2, 0.25) is 0 Å². The minimum absolute atomic E-state index is 0.0590. The van der Waals surface area contributed by atoms with Gasteiger partial charge in [0.1, 0.15) is 23.7 Å². The minimum Gasteiger partial charge on any atom is -0.492 e. The molecule has 0 spiro atoms. The Hall–Kier alpha value is -1.37. The average Bonchev–Trinajstić information content (AvgIpc) is 2.48.